The predicted octanol–water partition coefficient (Wildman–Crippen LogP) is 3.97. The number of anilines is 1. The maximum absolute atomic E-state index is 11.8. The first-order valence-corrected chi connectivity index (χ1v) is 8.79. The zero-order valence-corrected chi connectivity index (χ0v) is 16.1. The highest BCUT2D eigenvalue weighted by atomic mass is 16.5. The lowest BCUT2D eigenvalue weighted by atomic mass is 10.2. The monoisotopic (exact) mass is 365 g/mol. The Kier molecular flexibility index (Phi) is 5.21. The molecule has 0 saturated carbocycles. The summed E-state index contributed by atoms with van der Waals surface area (Å²) < 4.78 is 7.78. The van der Waals surface area contributed by atoms with Gasteiger partial charge < -0.3 is 10.1 Å². The molecule has 7 heteroatoms. The molecule has 2 heterocycles. The Morgan fingerprint density at radius 2 is 1.81 bits per heavy atom. The van der Waals surface area contributed by atoms with Gasteiger partial charge in [-0.1, -0.05) is 13.8 Å². The zero-order valence-electron chi connectivity index (χ0n) is 16.1. The number of imidazole rings is 1. The summed E-state index contributed by atoms with van der Waals surface area (Å²) in [7, 11) is 0. The van der Waals surface area contributed by atoms with Crippen molar-refractivity contribution < 1.29 is 9.53 Å². The molecule has 0 aliphatic heterocycles. The van der Waals surface area contributed by atoms with E-state index in [9.17, 15) is 4.79 Å². The van der Waals surface area contributed by atoms with Crippen LogP contribution in [0.5, 0.6) is 11.6 Å². The van der Waals surface area contributed by atoms with E-state index in [4.69, 9.17) is 4.74 Å². The summed E-state index contributed by atoms with van der Waals surface area (Å²) in [4.78, 5) is 24.9. The van der Waals surface area contributed by atoms with Crippen molar-refractivity contribution in [3.63, 3.8) is 0 Å². The van der Waals surface area contributed by atoms with E-state index in [-0.39, 0.29) is 11.8 Å². The van der Waals surface area contributed by atoms with Crippen LogP contribution in [-0.2, 0) is 4.79 Å². The Morgan fingerprint density at radius 3 is 2.41 bits per heavy atom. The number of benzene rings is 1. The summed E-state index contributed by atoms with van der Waals surface area (Å²) in [5.41, 5.74) is 2.70. The fraction of sp³-hybridized carbons (Fsp3) is 0.300. The van der Waals surface area contributed by atoms with Crippen molar-refractivity contribution in [2.75, 3.05) is 5.32 Å². The van der Waals surface area contributed by atoms with Crippen LogP contribution in [0, 0.1) is 26.7 Å². The Labute approximate surface area is 158 Å². The number of aromatic nitrogens is 4. The van der Waals surface area contributed by atoms with Gasteiger partial charge in [-0.25, -0.2) is 9.97 Å². The quantitative estimate of drug-likeness (QED) is 0.740. The summed E-state index contributed by atoms with van der Waals surface area (Å²) in [5, 5.41) is 2.85. The number of nitrogens with zero attached hydrogens (tertiary/aromatic N) is 4. The van der Waals surface area contributed by atoms with Crippen molar-refractivity contribution in [3.8, 4) is 17.4 Å². The van der Waals surface area contributed by atoms with Crippen molar-refractivity contribution in [1.82, 2.24) is 19.5 Å². The first-order chi connectivity index (χ1) is 12.8. The second-order valence-corrected chi connectivity index (χ2v) is 6.67. The molecule has 0 atom stereocenters. The molecule has 0 unspecified atom stereocenters. The lowest BCUT2D eigenvalue weighted by Crippen LogP contribution is -2.17. The van der Waals surface area contributed by atoms with Gasteiger partial charge in [-0.3, -0.25) is 9.36 Å². The minimum atomic E-state index is -0.0707. The van der Waals surface area contributed by atoms with Gasteiger partial charge in [0.05, 0.1) is 5.69 Å². The number of ether oxygens (including phenoxy) is 1. The molecule has 0 fully saturated rings. The molecule has 0 spiro atoms. The van der Waals surface area contributed by atoms with Gasteiger partial charge >= 0.3 is 0 Å². The Bertz CT molecular complexity index is 961. The van der Waals surface area contributed by atoms with E-state index in [2.05, 4.69) is 20.3 Å². The first kappa shape index (κ1) is 18.6. The molecule has 1 aromatic carbocycles. The van der Waals surface area contributed by atoms with Crippen LogP contribution >= 0.6 is 0 Å². The van der Waals surface area contributed by atoms with Crippen LogP contribution in [0.3, 0.4) is 0 Å². The van der Waals surface area contributed by atoms with Crippen LogP contribution in [0.25, 0.3) is 5.82 Å². The van der Waals surface area contributed by atoms with Crippen LogP contribution in [0.2, 0.25) is 0 Å². The van der Waals surface area contributed by atoms with E-state index in [1.807, 2.05) is 39.2 Å². The molecule has 3 rings (SSSR count). The van der Waals surface area contributed by atoms with Crippen molar-refractivity contribution in [1.29, 1.82) is 0 Å². The van der Waals surface area contributed by atoms with Crippen molar-refractivity contribution >= 4 is 11.6 Å². The minimum absolute atomic E-state index is 0.0225. The van der Waals surface area contributed by atoms with Gasteiger partial charge in [0.25, 0.3) is 0 Å². The van der Waals surface area contributed by atoms with E-state index in [1.54, 1.807) is 36.7 Å². The smallest absolute Gasteiger partial charge is 0.226 e. The summed E-state index contributed by atoms with van der Waals surface area (Å²) in [6.07, 6.45) is 1.74. The number of carbonyl (C=O) groups is 1. The molecular weight excluding hydrogens is 342 g/mol. The molecular formula is C20H23N5O2. The molecule has 27 heavy (non-hydrogen) atoms. The fourth-order valence-electron chi connectivity index (χ4n) is 2.44. The molecule has 2 aromatic heterocycles. The van der Waals surface area contributed by atoms with Crippen molar-refractivity contribution in [3.05, 3.63) is 53.9 Å². The molecule has 0 bridgehead atoms. The molecule has 0 saturated heterocycles. The molecule has 0 aliphatic rings. The molecule has 140 valence electrons. The van der Waals surface area contributed by atoms with Gasteiger partial charge in [-0.05, 0) is 45.0 Å². The maximum atomic E-state index is 11.8. The minimum Gasteiger partial charge on any atom is -0.439 e. The third-order valence-electron chi connectivity index (χ3n) is 4.17. The third-order valence-corrected chi connectivity index (χ3v) is 4.17. The van der Waals surface area contributed by atoms with Crippen LogP contribution < -0.4 is 10.1 Å². The first-order valence-electron chi connectivity index (χ1n) is 8.79. The molecule has 3 aromatic rings. The van der Waals surface area contributed by atoms with E-state index >= 15 is 0 Å². The molecule has 0 radical (unpaired) electrons. The summed E-state index contributed by atoms with van der Waals surface area (Å²) in [6.45, 7) is 9.47. The van der Waals surface area contributed by atoms with E-state index < -0.39 is 0 Å². The predicted molar refractivity (Wildman–Crippen MR) is 103 cm³/mol. The number of carbonyl (C=O) groups excluding carboxylic acids is 1. The van der Waals surface area contributed by atoms with Crippen LogP contribution in [0.15, 0.2) is 36.7 Å². The second-order valence-electron chi connectivity index (χ2n) is 6.67. The summed E-state index contributed by atoms with van der Waals surface area (Å²) in [6, 6.07) is 8.96. The second kappa shape index (κ2) is 7.57. The normalized spacial score (nSPS) is 10.9. The van der Waals surface area contributed by atoms with Gasteiger partial charge in [0.15, 0.2) is 0 Å². The van der Waals surface area contributed by atoms with Gasteiger partial charge in [0.2, 0.25) is 11.8 Å². The van der Waals surface area contributed by atoms with Gasteiger partial charge in [0.1, 0.15) is 23.7 Å². The number of hydrogen-bond donors (Lipinski definition) is 1. The topological polar surface area (TPSA) is 81.9 Å². The average Bonchev–Trinajstić information content (AvgIpc) is 2.95. The van der Waals surface area contributed by atoms with Crippen LogP contribution in [0.1, 0.15) is 31.1 Å². The van der Waals surface area contributed by atoms with Crippen LogP contribution in [-0.4, -0.2) is 25.4 Å². The summed E-state index contributed by atoms with van der Waals surface area (Å²) >= 11 is 0. The number of rotatable bonds is 5. The summed E-state index contributed by atoms with van der Waals surface area (Å²) in [5.74, 6) is 2.29. The maximum Gasteiger partial charge on any atom is 0.226 e. The average molecular weight is 365 g/mol. The number of nitrogens with one attached hydrogen (secondary N) is 1. The SMILES string of the molecule is Cc1nc(Oc2ccc(NC(=O)C(C)C)cc2)cc(-n2cnc(C)c2C)n1. The highest BCUT2D eigenvalue weighted by Crippen LogP contribution is 2.24. The Morgan fingerprint density at radius 1 is 1.11 bits per heavy atom. The van der Waals surface area contributed by atoms with Crippen LogP contribution in [0.4, 0.5) is 5.69 Å². The third kappa shape index (κ3) is 4.31. The molecule has 1 N–H and O–H groups in total. The largest absolute Gasteiger partial charge is 0.439 e. The van der Waals surface area contributed by atoms with Gasteiger partial charge in [-0.15, -0.1) is 0 Å². The molecule has 7 nitrogen and oxygen atoms in total. The lowest BCUT2D eigenvalue weighted by molar-refractivity contribution is -0.118. The Balaban J connectivity index is 1.80. The highest BCUT2D eigenvalue weighted by Gasteiger charge is 2.11. The number of amides is 1. The zero-order chi connectivity index (χ0) is 19.6. The fourth-order valence-corrected chi connectivity index (χ4v) is 2.44. The van der Waals surface area contributed by atoms with E-state index in [1.165, 1.54) is 0 Å². The standard InChI is InChI=1S/C20H23N5O2/c1-12(2)20(26)24-16-6-8-17(9-7-16)27-19-10-18(22-15(5)23-19)25-11-21-13(3)14(25)4/h6-12H,1-5H3,(H,24,26). The Hall–Kier alpha value is -3.22. The van der Waals surface area contributed by atoms with Crippen molar-refractivity contribution in [2.24, 2.45) is 5.92 Å². The molecule has 1 amide bonds. The highest BCUT2D eigenvalue weighted by molar-refractivity contribution is 5.92. The molecule has 0 aliphatic carbocycles. The van der Waals surface area contributed by atoms with E-state index in [0.717, 1.165) is 17.1 Å². The van der Waals surface area contributed by atoms with Gasteiger partial charge in [0, 0.05) is 23.4 Å². The van der Waals surface area contributed by atoms with Crippen molar-refractivity contribution in [2.45, 2.75) is 34.6 Å². The lowest BCUT2D eigenvalue weighted by Gasteiger charge is -2.11. The number of aryl methyl sites for hydroxylation is 2. The number of hydrogen-bond acceptors (Lipinski definition) is 5. The van der Waals surface area contributed by atoms with Gasteiger partial charge in [-0.2, -0.15) is 4.98 Å². The van der Waals surface area contributed by atoms with E-state index in [0.29, 0.717) is 23.3 Å².